The predicted octanol–water partition coefficient (Wildman–Crippen LogP) is -1.90. The highest BCUT2D eigenvalue weighted by molar-refractivity contribution is 5.80. The molecule has 556 valence electrons. The maximum atomic E-state index is 16.0. The highest BCUT2D eigenvalue weighted by atomic mass is 16.8. The summed E-state index contributed by atoms with van der Waals surface area (Å²) in [6, 6.07) is 0. The van der Waals surface area contributed by atoms with Crippen molar-refractivity contribution in [3.63, 3.8) is 0 Å². The van der Waals surface area contributed by atoms with Crippen molar-refractivity contribution in [1.29, 1.82) is 0 Å². The highest BCUT2D eigenvalue weighted by Gasteiger charge is 2.73. The molecule has 0 bridgehead atoms. The Balaban J connectivity index is 0.921. The Morgan fingerprint density at radius 1 is 0.546 bits per heavy atom. The third-order valence-corrected chi connectivity index (χ3v) is 24.6. The standard InChI is InChI=1S/C67H108O30/c1-26(69)19-39(73)87-27(2)20-40(74)92-53-43(77)30(5)90-60(54(53)95-58-49(83)46(80)51(31(6)91-58)93-56-50(84)52(35(71)24-86-56)94-57-47(81)44(78)41(75)28(3)88-57)97-61(85)67-18-17-62(7,8)21-33(67)32-13-14-37-63(9)22-34(70)55(96-59-48(82)45(79)42(76)29(4)89-59)64(10,25-68)36(63)15-16-65(37,11)66(32,12)23-38(67)72/h13,26-31,33-38,41-60,68-72,75-84H,14-25H2,1-12H3/t26-,27-,28-,29-,30+,31-,33-,34-,35+,36+,37+,38+,41-,42-,43-,44+,45+,46-,47+,48+,49+,50+,51-,52-,53-,54+,55-,56-,57-,58-,59-,60-,63-,64-,65+,66+,67+/m0/s1. The minimum atomic E-state index is -2.11. The Morgan fingerprint density at radius 3 is 1.71 bits per heavy atom. The lowest BCUT2D eigenvalue weighted by Crippen LogP contribution is -2.70. The van der Waals surface area contributed by atoms with E-state index in [0.29, 0.717) is 32.1 Å². The molecule has 10 rings (SSSR count). The molecule has 5 saturated heterocycles. The first-order chi connectivity index (χ1) is 45.2. The van der Waals surface area contributed by atoms with Gasteiger partial charge < -0.3 is 133 Å². The molecule has 9 fully saturated rings. The van der Waals surface area contributed by atoms with E-state index in [9.17, 15) is 86.2 Å². The molecule has 0 radical (unpaired) electrons. The van der Waals surface area contributed by atoms with Crippen molar-refractivity contribution in [2.45, 2.75) is 325 Å². The van der Waals surface area contributed by atoms with E-state index in [1.807, 2.05) is 6.92 Å². The van der Waals surface area contributed by atoms with Crippen LogP contribution in [0.4, 0.5) is 0 Å². The second-order valence-electron chi connectivity index (χ2n) is 31.7. The number of aliphatic hydroxyl groups excluding tert-OH is 15. The van der Waals surface area contributed by atoms with Crippen molar-refractivity contribution in [2.75, 3.05) is 13.2 Å². The largest absolute Gasteiger partial charge is 0.462 e. The molecule has 0 aromatic heterocycles. The SMILES string of the molecule is C[C@H](O)CC(=O)O[C@@H](C)CC(=O)O[C@H]1[C@@H](O)[C@@H](C)O[C@@H](OC(=O)[C@]23CCC(C)(C)C[C@H]2C2=CC[C@@H]4[C@@]5(C)C[C@H](O)[C@H](O[C@@H]6O[C@@H](C)[C@H](O)[C@@H](O)[C@H]6O)[C@@](C)(CO)[C@@H]5CC[C@@]4(C)[C@]2(C)C[C@H]3O)[C@@H]1O[C@@H]1O[C@@H](C)[C@H](O[C@@H]2OC[C@@H](O)[C@H](O[C@@H]3O[C@@H](C)[C@H](O)[C@@H](O)[C@H]3O)[C@H]2O)[C@@H](O)[C@H]1O. The summed E-state index contributed by atoms with van der Waals surface area (Å²) >= 11 is 0. The van der Waals surface area contributed by atoms with Crippen molar-refractivity contribution >= 4 is 17.9 Å². The molecule has 15 N–H and O–H groups in total. The van der Waals surface area contributed by atoms with Crippen LogP contribution in [-0.4, -0.2) is 286 Å². The summed E-state index contributed by atoms with van der Waals surface area (Å²) in [6.45, 7) is 20.0. The maximum Gasteiger partial charge on any atom is 0.317 e. The van der Waals surface area contributed by atoms with Gasteiger partial charge in [0, 0.05) is 5.41 Å². The zero-order valence-electron chi connectivity index (χ0n) is 57.4. The second kappa shape index (κ2) is 28.7. The van der Waals surface area contributed by atoms with E-state index in [4.69, 9.17) is 56.8 Å². The average molecular weight is 1390 g/mol. The van der Waals surface area contributed by atoms with Crippen LogP contribution in [-0.2, 0) is 71.2 Å². The summed E-state index contributed by atoms with van der Waals surface area (Å²) in [4.78, 5) is 42.5. The van der Waals surface area contributed by atoms with Crippen LogP contribution in [0, 0.1) is 50.2 Å². The topological polar surface area (TPSA) is 465 Å². The molecule has 0 aromatic carbocycles. The Bertz CT molecular complexity index is 2800. The number of hydrogen-bond acceptors (Lipinski definition) is 30. The summed E-state index contributed by atoms with van der Waals surface area (Å²) in [5.41, 5.74) is -4.31. The minimum absolute atomic E-state index is 0.0685. The van der Waals surface area contributed by atoms with Crippen LogP contribution in [0.1, 0.15) is 147 Å². The number of carbonyl (C=O) groups is 3. The highest BCUT2D eigenvalue weighted by Crippen LogP contribution is 2.76. The van der Waals surface area contributed by atoms with Gasteiger partial charge in [-0.15, -0.1) is 0 Å². The fraction of sp³-hybridized carbons (Fsp3) is 0.925. The van der Waals surface area contributed by atoms with E-state index < -0.39 is 248 Å². The van der Waals surface area contributed by atoms with Gasteiger partial charge >= 0.3 is 17.9 Å². The van der Waals surface area contributed by atoms with Crippen molar-refractivity contribution in [3.8, 4) is 0 Å². The molecular formula is C67H108O30. The third-order valence-electron chi connectivity index (χ3n) is 24.6. The van der Waals surface area contributed by atoms with Crippen LogP contribution >= 0.6 is 0 Å². The van der Waals surface area contributed by atoms with Crippen LogP contribution < -0.4 is 0 Å². The number of allylic oxidation sites excluding steroid dienone is 2. The number of fused-ring (bicyclic) bond motifs is 7. The van der Waals surface area contributed by atoms with Gasteiger partial charge in [-0.2, -0.15) is 0 Å². The van der Waals surface area contributed by atoms with Gasteiger partial charge in [-0.1, -0.05) is 53.2 Å². The van der Waals surface area contributed by atoms with Gasteiger partial charge in [0.05, 0.1) is 74.9 Å². The molecule has 0 amide bonds. The molecule has 30 heteroatoms. The zero-order chi connectivity index (χ0) is 71.5. The molecule has 10 aliphatic rings. The van der Waals surface area contributed by atoms with E-state index in [1.54, 1.807) is 0 Å². The number of esters is 3. The van der Waals surface area contributed by atoms with Gasteiger partial charge in [-0.25, -0.2) is 0 Å². The molecule has 0 aromatic rings. The molecule has 97 heavy (non-hydrogen) atoms. The molecule has 4 saturated carbocycles. The first-order valence-corrected chi connectivity index (χ1v) is 34.5. The fourth-order valence-corrected chi connectivity index (χ4v) is 18.9. The Labute approximate surface area is 564 Å². The third kappa shape index (κ3) is 13.8. The number of ether oxygens (including phenoxy) is 12. The normalized spacial score (nSPS) is 52.0. The Hall–Kier alpha value is -2.81. The van der Waals surface area contributed by atoms with Gasteiger partial charge in [0.15, 0.2) is 37.4 Å². The average Bonchev–Trinajstić information content (AvgIpc) is 0.670. The van der Waals surface area contributed by atoms with Gasteiger partial charge in [0.1, 0.15) is 90.9 Å². The predicted molar refractivity (Wildman–Crippen MR) is 328 cm³/mol. The summed E-state index contributed by atoms with van der Waals surface area (Å²) in [5, 5.41) is 168. The molecule has 37 atom stereocenters. The number of rotatable bonds is 17. The van der Waals surface area contributed by atoms with Crippen molar-refractivity contribution in [1.82, 2.24) is 0 Å². The molecule has 0 unspecified atom stereocenters. The lowest BCUT2D eigenvalue weighted by molar-refractivity contribution is -0.380. The first kappa shape index (κ1) is 76.8. The summed E-state index contributed by atoms with van der Waals surface area (Å²) in [5.74, 6) is -3.90. The van der Waals surface area contributed by atoms with Crippen LogP contribution in [0.2, 0.25) is 0 Å². The van der Waals surface area contributed by atoms with Crippen LogP contribution in [0.3, 0.4) is 0 Å². The van der Waals surface area contributed by atoms with E-state index in [-0.39, 0.29) is 42.9 Å². The summed E-state index contributed by atoms with van der Waals surface area (Å²) in [6.07, 6.45) is -40.9. The van der Waals surface area contributed by atoms with E-state index in [1.165, 1.54) is 41.5 Å². The lowest BCUT2D eigenvalue weighted by Gasteiger charge is -2.72. The van der Waals surface area contributed by atoms with Gasteiger partial charge in [-0.3, -0.25) is 14.4 Å². The van der Waals surface area contributed by atoms with E-state index in [2.05, 4.69) is 40.7 Å². The summed E-state index contributed by atoms with van der Waals surface area (Å²) in [7, 11) is 0. The summed E-state index contributed by atoms with van der Waals surface area (Å²) < 4.78 is 71.9. The molecular weight excluding hydrogens is 1280 g/mol. The minimum Gasteiger partial charge on any atom is -0.462 e. The van der Waals surface area contributed by atoms with E-state index >= 15 is 4.79 Å². The Morgan fingerprint density at radius 2 is 1.10 bits per heavy atom. The maximum absolute atomic E-state index is 16.0. The first-order valence-electron chi connectivity index (χ1n) is 34.5. The second-order valence-corrected chi connectivity index (χ2v) is 31.7. The molecule has 5 aliphatic heterocycles. The van der Waals surface area contributed by atoms with Crippen LogP contribution in [0.25, 0.3) is 0 Å². The quantitative estimate of drug-likeness (QED) is 0.0327. The van der Waals surface area contributed by atoms with Gasteiger partial charge in [0.2, 0.25) is 6.29 Å². The number of hydrogen-bond donors (Lipinski definition) is 15. The lowest BCUT2D eigenvalue weighted by atomic mass is 9.33. The van der Waals surface area contributed by atoms with Crippen molar-refractivity contribution in [2.24, 2.45) is 50.2 Å². The number of aliphatic hydroxyl groups is 15. The van der Waals surface area contributed by atoms with Crippen molar-refractivity contribution in [3.05, 3.63) is 11.6 Å². The monoisotopic (exact) mass is 1390 g/mol. The number of carbonyl (C=O) groups excluding carboxylic acids is 3. The smallest absolute Gasteiger partial charge is 0.317 e. The van der Waals surface area contributed by atoms with Gasteiger partial charge in [-0.05, 0) is 132 Å². The Kier molecular flexibility index (Phi) is 22.7. The molecule has 0 spiro atoms. The zero-order valence-corrected chi connectivity index (χ0v) is 57.4. The molecule has 30 nitrogen and oxygen atoms in total. The van der Waals surface area contributed by atoms with Crippen LogP contribution in [0.15, 0.2) is 11.6 Å². The molecule has 5 heterocycles. The molecule has 5 aliphatic carbocycles. The fourth-order valence-electron chi connectivity index (χ4n) is 18.9. The van der Waals surface area contributed by atoms with Crippen molar-refractivity contribution < 1.29 is 148 Å². The van der Waals surface area contributed by atoms with Crippen LogP contribution in [0.5, 0.6) is 0 Å². The van der Waals surface area contributed by atoms with E-state index in [0.717, 1.165) is 5.57 Å². The van der Waals surface area contributed by atoms with Gasteiger partial charge in [0.25, 0.3) is 0 Å².